The minimum Gasteiger partial charge on any atom is -0.493 e. The Morgan fingerprint density at radius 3 is 2.08 bits per heavy atom. The van der Waals surface area contributed by atoms with Crippen LogP contribution in [0.5, 0.6) is 17.2 Å². The van der Waals surface area contributed by atoms with Gasteiger partial charge in [0.25, 0.3) is 0 Å². The average Bonchev–Trinajstić information content (AvgIpc) is 2.73. The summed E-state index contributed by atoms with van der Waals surface area (Å²) >= 11 is 0. The first-order valence-corrected chi connectivity index (χ1v) is 8.97. The Hall–Kier alpha value is -2.24. The molecule has 0 bridgehead atoms. The molecule has 0 unspecified atom stereocenters. The molecule has 1 saturated heterocycles. The lowest BCUT2D eigenvalue weighted by Crippen LogP contribution is -2.51. The standard InChI is InChI=1S/C21H27NO4/c1-24-17-13-16(14-18(25-2)20(17)26-3)21(23,15-9-5-4-6-10-15)19-11-7-8-12-22-19/h4-6,9-10,13-14,19,22-23H,7-8,11-12H2,1-3H3/t19-,21+/m0/s1. The third kappa shape index (κ3) is 3.24. The summed E-state index contributed by atoms with van der Waals surface area (Å²) in [6.45, 7) is 0.893. The molecule has 0 saturated carbocycles. The summed E-state index contributed by atoms with van der Waals surface area (Å²) < 4.78 is 16.4. The van der Waals surface area contributed by atoms with Crippen LogP contribution >= 0.6 is 0 Å². The molecule has 5 nitrogen and oxygen atoms in total. The van der Waals surface area contributed by atoms with Gasteiger partial charge in [0, 0.05) is 6.04 Å². The fourth-order valence-corrected chi connectivity index (χ4v) is 3.77. The number of benzene rings is 2. The fourth-order valence-electron chi connectivity index (χ4n) is 3.77. The van der Waals surface area contributed by atoms with E-state index >= 15 is 0 Å². The Labute approximate surface area is 154 Å². The van der Waals surface area contributed by atoms with Crippen molar-refractivity contribution in [1.29, 1.82) is 0 Å². The number of ether oxygens (including phenoxy) is 3. The minimum atomic E-state index is -1.20. The molecule has 1 aliphatic rings. The van der Waals surface area contributed by atoms with Gasteiger partial charge < -0.3 is 24.6 Å². The van der Waals surface area contributed by atoms with E-state index in [4.69, 9.17) is 14.2 Å². The first-order chi connectivity index (χ1) is 12.6. The lowest BCUT2D eigenvalue weighted by molar-refractivity contribution is 0.0264. The molecule has 26 heavy (non-hydrogen) atoms. The van der Waals surface area contributed by atoms with Gasteiger partial charge in [-0.2, -0.15) is 0 Å². The summed E-state index contributed by atoms with van der Waals surface area (Å²) in [7, 11) is 4.75. The highest BCUT2D eigenvalue weighted by Crippen LogP contribution is 2.44. The van der Waals surface area contributed by atoms with Gasteiger partial charge in [-0.05, 0) is 42.6 Å². The van der Waals surface area contributed by atoms with E-state index in [1.165, 1.54) is 0 Å². The summed E-state index contributed by atoms with van der Waals surface area (Å²) in [4.78, 5) is 0. The van der Waals surface area contributed by atoms with Crippen molar-refractivity contribution < 1.29 is 19.3 Å². The zero-order valence-corrected chi connectivity index (χ0v) is 15.6. The molecule has 2 aromatic carbocycles. The quantitative estimate of drug-likeness (QED) is 0.832. The second-order valence-corrected chi connectivity index (χ2v) is 6.55. The van der Waals surface area contributed by atoms with E-state index < -0.39 is 5.60 Å². The number of aliphatic hydroxyl groups is 1. The SMILES string of the molecule is COc1cc([C@](O)(c2ccccc2)[C@@H]2CCCCN2)cc(OC)c1OC. The van der Waals surface area contributed by atoms with Gasteiger partial charge in [-0.3, -0.25) is 0 Å². The second-order valence-electron chi connectivity index (χ2n) is 6.55. The number of rotatable bonds is 6. The van der Waals surface area contributed by atoms with Crippen LogP contribution in [-0.4, -0.2) is 39.0 Å². The van der Waals surface area contributed by atoms with Crippen LogP contribution in [0.2, 0.25) is 0 Å². The molecule has 1 fully saturated rings. The molecule has 2 aromatic rings. The Bertz CT molecular complexity index is 703. The summed E-state index contributed by atoms with van der Waals surface area (Å²) in [5, 5.41) is 15.5. The van der Waals surface area contributed by atoms with Crippen LogP contribution in [-0.2, 0) is 5.60 Å². The Kier molecular flexibility index (Phi) is 5.69. The molecule has 0 aromatic heterocycles. The van der Waals surface area contributed by atoms with Crippen molar-refractivity contribution >= 4 is 0 Å². The third-order valence-corrected chi connectivity index (χ3v) is 5.13. The van der Waals surface area contributed by atoms with Crippen molar-refractivity contribution in [1.82, 2.24) is 5.32 Å². The number of hydrogen-bond acceptors (Lipinski definition) is 5. The lowest BCUT2D eigenvalue weighted by Gasteiger charge is -2.40. The summed E-state index contributed by atoms with van der Waals surface area (Å²) in [6.07, 6.45) is 3.09. The maximum atomic E-state index is 12.0. The fraction of sp³-hybridized carbons (Fsp3) is 0.429. The molecule has 5 heteroatoms. The number of nitrogens with one attached hydrogen (secondary N) is 1. The lowest BCUT2D eigenvalue weighted by atomic mass is 9.77. The monoisotopic (exact) mass is 357 g/mol. The molecule has 0 aliphatic carbocycles. The van der Waals surface area contributed by atoms with Crippen LogP contribution in [0.4, 0.5) is 0 Å². The van der Waals surface area contributed by atoms with E-state index in [1.807, 2.05) is 42.5 Å². The maximum absolute atomic E-state index is 12.0. The van der Waals surface area contributed by atoms with Crippen LogP contribution in [0.25, 0.3) is 0 Å². The number of hydrogen-bond donors (Lipinski definition) is 2. The van der Waals surface area contributed by atoms with Gasteiger partial charge in [0.15, 0.2) is 11.5 Å². The van der Waals surface area contributed by atoms with E-state index in [9.17, 15) is 5.11 Å². The maximum Gasteiger partial charge on any atom is 0.203 e. The molecule has 0 spiro atoms. The first kappa shape index (κ1) is 18.5. The van der Waals surface area contributed by atoms with Crippen molar-refractivity contribution in [3.05, 3.63) is 53.6 Å². The van der Waals surface area contributed by atoms with Gasteiger partial charge in [0.1, 0.15) is 5.60 Å². The Balaban J connectivity index is 2.19. The summed E-state index contributed by atoms with van der Waals surface area (Å²) in [5.74, 6) is 1.59. The van der Waals surface area contributed by atoms with E-state index in [0.29, 0.717) is 17.2 Å². The van der Waals surface area contributed by atoms with Crippen LogP contribution in [0.15, 0.2) is 42.5 Å². The normalized spacial score (nSPS) is 19.5. The molecule has 1 aliphatic heterocycles. The van der Waals surface area contributed by atoms with Gasteiger partial charge in [-0.15, -0.1) is 0 Å². The van der Waals surface area contributed by atoms with Crippen molar-refractivity contribution in [3.8, 4) is 17.2 Å². The zero-order chi connectivity index (χ0) is 18.6. The van der Waals surface area contributed by atoms with Crippen LogP contribution < -0.4 is 19.5 Å². The summed E-state index contributed by atoms with van der Waals surface area (Å²) in [6, 6.07) is 13.3. The minimum absolute atomic E-state index is 0.0959. The van der Waals surface area contributed by atoms with Crippen LogP contribution in [0.1, 0.15) is 30.4 Å². The van der Waals surface area contributed by atoms with Gasteiger partial charge in [-0.1, -0.05) is 36.8 Å². The first-order valence-electron chi connectivity index (χ1n) is 8.97. The van der Waals surface area contributed by atoms with E-state index in [1.54, 1.807) is 21.3 Å². The molecule has 3 rings (SSSR count). The predicted octanol–water partition coefficient (Wildman–Crippen LogP) is 3.09. The van der Waals surface area contributed by atoms with E-state index in [-0.39, 0.29) is 6.04 Å². The van der Waals surface area contributed by atoms with Gasteiger partial charge in [0.2, 0.25) is 5.75 Å². The molecule has 140 valence electrons. The largest absolute Gasteiger partial charge is 0.493 e. The highest BCUT2D eigenvalue weighted by Gasteiger charge is 2.41. The number of methoxy groups -OCH3 is 3. The van der Waals surface area contributed by atoms with Crippen LogP contribution in [0, 0.1) is 0 Å². The number of piperidine rings is 1. The Morgan fingerprint density at radius 1 is 0.923 bits per heavy atom. The molecular weight excluding hydrogens is 330 g/mol. The smallest absolute Gasteiger partial charge is 0.203 e. The van der Waals surface area contributed by atoms with Gasteiger partial charge in [0.05, 0.1) is 21.3 Å². The van der Waals surface area contributed by atoms with Crippen molar-refractivity contribution in [3.63, 3.8) is 0 Å². The van der Waals surface area contributed by atoms with Crippen molar-refractivity contribution in [2.45, 2.75) is 30.9 Å². The van der Waals surface area contributed by atoms with E-state index in [2.05, 4.69) is 5.32 Å². The average molecular weight is 357 g/mol. The second kappa shape index (κ2) is 7.98. The predicted molar refractivity (Wildman–Crippen MR) is 101 cm³/mol. The molecule has 0 radical (unpaired) electrons. The molecule has 2 atom stereocenters. The topological polar surface area (TPSA) is 60.0 Å². The van der Waals surface area contributed by atoms with Gasteiger partial charge >= 0.3 is 0 Å². The highest BCUT2D eigenvalue weighted by atomic mass is 16.5. The third-order valence-electron chi connectivity index (χ3n) is 5.13. The molecule has 0 amide bonds. The van der Waals surface area contributed by atoms with Crippen LogP contribution in [0.3, 0.4) is 0 Å². The molecule has 1 heterocycles. The van der Waals surface area contributed by atoms with Gasteiger partial charge in [-0.25, -0.2) is 0 Å². The van der Waals surface area contributed by atoms with E-state index in [0.717, 1.165) is 36.9 Å². The van der Waals surface area contributed by atoms with Crippen molar-refractivity contribution in [2.75, 3.05) is 27.9 Å². The summed E-state index contributed by atoms with van der Waals surface area (Å²) in [5.41, 5.74) is 0.361. The molecular formula is C21H27NO4. The van der Waals surface area contributed by atoms with Crippen molar-refractivity contribution in [2.24, 2.45) is 0 Å². The highest BCUT2D eigenvalue weighted by molar-refractivity contribution is 5.56. The Morgan fingerprint density at radius 2 is 1.58 bits per heavy atom. The molecule has 2 N–H and O–H groups in total. The zero-order valence-electron chi connectivity index (χ0n) is 15.6.